The fourth-order valence-electron chi connectivity index (χ4n) is 2.59. The normalized spacial score (nSPS) is 13.8. The first kappa shape index (κ1) is 13.8. The van der Waals surface area contributed by atoms with Crippen LogP contribution in [0, 0.1) is 0 Å². The van der Waals surface area contributed by atoms with Crippen LogP contribution in [-0.4, -0.2) is 17.4 Å². The van der Waals surface area contributed by atoms with Crippen LogP contribution in [0.5, 0.6) is 0 Å². The molecule has 4 rings (SSSR count). The molecule has 0 aliphatic heterocycles. The first-order valence-corrected chi connectivity index (χ1v) is 8.47. The van der Waals surface area contributed by atoms with Crippen LogP contribution in [0.4, 0.5) is 5.69 Å². The van der Waals surface area contributed by atoms with E-state index in [1.807, 2.05) is 18.2 Å². The molecule has 0 fully saturated rings. The number of nitrogens with zero attached hydrogens (tertiary/aromatic N) is 2. The number of anilines is 1. The van der Waals surface area contributed by atoms with Crippen LogP contribution in [0.1, 0.15) is 5.56 Å². The lowest BCUT2D eigenvalue weighted by atomic mass is 10.00. The molecule has 6 heteroatoms. The fourth-order valence-corrected chi connectivity index (χ4v) is 3.93. The van der Waals surface area contributed by atoms with E-state index >= 15 is 0 Å². The second-order valence-electron chi connectivity index (χ2n) is 5.28. The summed E-state index contributed by atoms with van der Waals surface area (Å²) in [5.74, 6) is 0. The van der Waals surface area contributed by atoms with Crippen molar-refractivity contribution in [3.05, 3.63) is 72.6 Å². The first-order chi connectivity index (χ1) is 11.1. The van der Waals surface area contributed by atoms with Crippen molar-refractivity contribution in [1.82, 2.24) is 8.96 Å². The molecular weight excluding hydrogens is 310 g/mol. The SMILES string of the molecule is Nc1cnc2c(c1)c(C1=CC=C1)cn2S(=O)(=O)c1ccccc1. The van der Waals surface area contributed by atoms with Gasteiger partial charge in [0.2, 0.25) is 0 Å². The molecule has 2 aromatic heterocycles. The third-order valence-electron chi connectivity index (χ3n) is 3.80. The summed E-state index contributed by atoms with van der Waals surface area (Å²) in [4.78, 5) is 4.46. The summed E-state index contributed by atoms with van der Waals surface area (Å²) in [6.45, 7) is 0. The predicted octanol–water partition coefficient (Wildman–Crippen LogP) is 2.81. The molecule has 0 saturated carbocycles. The summed E-state index contributed by atoms with van der Waals surface area (Å²) >= 11 is 0. The highest BCUT2D eigenvalue weighted by Gasteiger charge is 2.23. The van der Waals surface area contributed by atoms with Crippen LogP contribution >= 0.6 is 0 Å². The molecular formula is C17H13N3O2S. The number of nitrogen functional groups attached to an aromatic ring is 1. The van der Waals surface area contributed by atoms with Crippen molar-refractivity contribution in [2.75, 3.05) is 5.73 Å². The molecule has 23 heavy (non-hydrogen) atoms. The largest absolute Gasteiger partial charge is 0.397 e. The molecule has 0 unspecified atom stereocenters. The van der Waals surface area contributed by atoms with Gasteiger partial charge in [-0.05, 0) is 23.8 Å². The number of fused-ring (bicyclic) bond motifs is 1. The lowest BCUT2D eigenvalue weighted by molar-refractivity contribution is 0.588. The van der Waals surface area contributed by atoms with Gasteiger partial charge in [0.1, 0.15) is 0 Å². The highest BCUT2D eigenvalue weighted by atomic mass is 32.2. The zero-order valence-corrected chi connectivity index (χ0v) is 12.9. The van der Waals surface area contributed by atoms with Gasteiger partial charge in [-0.3, -0.25) is 0 Å². The molecule has 2 heterocycles. The number of aromatic nitrogens is 2. The zero-order chi connectivity index (χ0) is 16.0. The number of allylic oxidation sites excluding steroid dienone is 4. The van der Waals surface area contributed by atoms with Crippen molar-refractivity contribution in [1.29, 1.82) is 0 Å². The lowest BCUT2D eigenvalue weighted by Crippen LogP contribution is -2.12. The van der Waals surface area contributed by atoms with Gasteiger partial charge in [0.25, 0.3) is 10.0 Å². The average molecular weight is 323 g/mol. The second-order valence-corrected chi connectivity index (χ2v) is 7.09. The van der Waals surface area contributed by atoms with Crippen LogP contribution in [0.25, 0.3) is 16.6 Å². The van der Waals surface area contributed by atoms with Crippen molar-refractivity contribution in [2.45, 2.75) is 4.90 Å². The van der Waals surface area contributed by atoms with Gasteiger partial charge in [-0.15, -0.1) is 0 Å². The van der Waals surface area contributed by atoms with E-state index in [0.29, 0.717) is 11.3 Å². The molecule has 0 radical (unpaired) electrons. The van der Waals surface area contributed by atoms with E-state index < -0.39 is 10.0 Å². The molecule has 1 aliphatic carbocycles. The molecule has 2 N–H and O–H groups in total. The maximum absolute atomic E-state index is 12.9. The van der Waals surface area contributed by atoms with Crippen molar-refractivity contribution < 1.29 is 8.42 Å². The number of rotatable bonds is 3. The van der Waals surface area contributed by atoms with E-state index in [1.165, 1.54) is 10.2 Å². The average Bonchev–Trinajstić information content (AvgIpc) is 2.86. The summed E-state index contributed by atoms with van der Waals surface area (Å²) in [5.41, 5.74) is 8.46. The van der Waals surface area contributed by atoms with Gasteiger partial charge in [-0.2, -0.15) is 0 Å². The second kappa shape index (κ2) is 4.82. The van der Waals surface area contributed by atoms with Crippen molar-refractivity contribution in [3.8, 4) is 0 Å². The lowest BCUT2D eigenvalue weighted by Gasteiger charge is -2.06. The molecule has 3 aromatic rings. The number of benzene rings is 1. The Bertz CT molecular complexity index is 1080. The van der Waals surface area contributed by atoms with Crippen LogP contribution in [0.3, 0.4) is 0 Å². The van der Waals surface area contributed by atoms with Crippen molar-refractivity contribution in [3.63, 3.8) is 0 Å². The Hall–Kier alpha value is -2.86. The molecule has 114 valence electrons. The maximum Gasteiger partial charge on any atom is 0.269 e. The Morgan fingerprint density at radius 1 is 1.13 bits per heavy atom. The smallest absolute Gasteiger partial charge is 0.269 e. The molecule has 0 amide bonds. The Balaban J connectivity index is 2.01. The summed E-state index contributed by atoms with van der Waals surface area (Å²) in [5, 5.41) is 0.722. The van der Waals surface area contributed by atoms with Gasteiger partial charge >= 0.3 is 0 Å². The Morgan fingerprint density at radius 2 is 1.87 bits per heavy atom. The van der Waals surface area contributed by atoms with E-state index in [4.69, 9.17) is 5.73 Å². The highest BCUT2D eigenvalue weighted by Crippen LogP contribution is 2.33. The fraction of sp³-hybridized carbons (Fsp3) is 0. The van der Waals surface area contributed by atoms with Crippen molar-refractivity contribution in [2.24, 2.45) is 0 Å². The Morgan fingerprint density at radius 3 is 2.52 bits per heavy atom. The quantitative estimate of drug-likeness (QED) is 0.804. The van der Waals surface area contributed by atoms with Crippen LogP contribution in [-0.2, 0) is 10.0 Å². The van der Waals surface area contributed by atoms with Gasteiger partial charge in [0.15, 0.2) is 5.65 Å². The molecule has 1 aliphatic rings. The number of pyridine rings is 1. The zero-order valence-electron chi connectivity index (χ0n) is 12.0. The van der Waals surface area contributed by atoms with Gasteiger partial charge in [0, 0.05) is 17.1 Å². The Kier molecular flexibility index (Phi) is 2.89. The minimum atomic E-state index is -3.71. The Labute approximate surface area is 133 Å². The van der Waals surface area contributed by atoms with Crippen LogP contribution < -0.4 is 5.73 Å². The molecule has 0 saturated heterocycles. The third-order valence-corrected chi connectivity index (χ3v) is 5.46. The van der Waals surface area contributed by atoms with E-state index in [0.717, 1.165) is 16.5 Å². The number of hydrogen-bond acceptors (Lipinski definition) is 4. The molecule has 5 nitrogen and oxygen atoms in total. The van der Waals surface area contributed by atoms with Gasteiger partial charge in [0.05, 0.1) is 16.8 Å². The minimum absolute atomic E-state index is 0.222. The van der Waals surface area contributed by atoms with E-state index in [2.05, 4.69) is 4.98 Å². The number of nitrogens with two attached hydrogens (primary N) is 1. The maximum atomic E-state index is 12.9. The predicted molar refractivity (Wildman–Crippen MR) is 90.3 cm³/mol. The molecule has 0 atom stereocenters. The summed E-state index contributed by atoms with van der Waals surface area (Å²) in [6, 6.07) is 10.1. The summed E-state index contributed by atoms with van der Waals surface area (Å²) in [6.07, 6.45) is 8.84. The van der Waals surface area contributed by atoms with Crippen LogP contribution in [0.2, 0.25) is 0 Å². The van der Waals surface area contributed by atoms with E-state index in [-0.39, 0.29) is 4.90 Å². The van der Waals surface area contributed by atoms with E-state index in [9.17, 15) is 8.42 Å². The summed E-state index contributed by atoms with van der Waals surface area (Å²) in [7, 11) is -3.71. The molecule has 0 bridgehead atoms. The first-order valence-electron chi connectivity index (χ1n) is 7.03. The van der Waals surface area contributed by atoms with Crippen LogP contribution in [0.15, 0.2) is 71.9 Å². The highest BCUT2D eigenvalue weighted by molar-refractivity contribution is 7.90. The van der Waals surface area contributed by atoms with Gasteiger partial charge in [-0.1, -0.05) is 36.4 Å². The topological polar surface area (TPSA) is 78.0 Å². The standard InChI is InChI=1S/C17H13N3O2S/c18-13-9-15-16(12-5-4-6-12)11-20(17(15)19-10-13)23(21,22)14-7-2-1-3-8-14/h1-11H,18H2. The monoisotopic (exact) mass is 323 g/mol. The van der Waals surface area contributed by atoms with Gasteiger partial charge < -0.3 is 5.73 Å². The van der Waals surface area contributed by atoms with Crippen molar-refractivity contribution >= 4 is 32.3 Å². The third kappa shape index (κ3) is 2.07. The minimum Gasteiger partial charge on any atom is -0.397 e. The molecule has 1 aromatic carbocycles. The summed E-state index contributed by atoms with van der Waals surface area (Å²) < 4.78 is 27.1. The molecule has 0 spiro atoms. The van der Waals surface area contributed by atoms with Gasteiger partial charge in [-0.25, -0.2) is 17.4 Å². The van der Waals surface area contributed by atoms with E-state index in [1.54, 1.807) is 42.6 Å². The number of hydrogen-bond donors (Lipinski definition) is 1.